The Bertz CT molecular complexity index is 227. The van der Waals surface area contributed by atoms with E-state index in [1.54, 1.807) is 0 Å². The van der Waals surface area contributed by atoms with Crippen LogP contribution in [0.3, 0.4) is 0 Å². The molecular formula is C11H22N2O2. The number of ether oxygens (including phenoxy) is 1. The van der Waals surface area contributed by atoms with Gasteiger partial charge in [-0.05, 0) is 40.2 Å². The van der Waals surface area contributed by atoms with Gasteiger partial charge in [-0.1, -0.05) is 6.92 Å². The van der Waals surface area contributed by atoms with Crippen LogP contribution in [0.4, 0.5) is 4.79 Å². The van der Waals surface area contributed by atoms with Crippen LogP contribution < -0.4 is 10.6 Å². The van der Waals surface area contributed by atoms with E-state index >= 15 is 0 Å². The fourth-order valence-corrected chi connectivity index (χ4v) is 1.76. The molecule has 2 N–H and O–H groups in total. The van der Waals surface area contributed by atoms with Gasteiger partial charge in [0.1, 0.15) is 5.60 Å². The maximum atomic E-state index is 11.6. The lowest BCUT2D eigenvalue weighted by atomic mass is 9.96. The van der Waals surface area contributed by atoms with Crippen LogP contribution in [0, 0.1) is 0 Å². The van der Waals surface area contributed by atoms with E-state index in [0.29, 0.717) is 0 Å². The number of nitrogens with one attached hydrogen (secondary N) is 2. The quantitative estimate of drug-likeness (QED) is 0.735. The van der Waals surface area contributed by atoms with Gasteiger partial charge < -0.3 is 15.4 Å². The van der Waals surface area contributed by atoms with Crippen LogP contribution >= 0.6 is 0 Å². The van der Waals surface area contributed by atoms with Crippen molar-refractivity contribution in [2.24, 2.45) is 0 Å². The molecule has 1 atom stereocenters. The van der Waals surface area contributed by atoms with E-state index in [-0.39, 0.29) is 11.6 Å². The van der Waals surface area contributed by atoms with Crippen LogP contribution in [-0.4, -0.2) is 30.3 Å². The molecule has 1 aliphatic heterocycles. The van der Waals surface area contributed by atoms with E-state index < -0.39 is 5.60 Å². The normalized spacial score (nSPS) is 26.4. The molecule has 1 unspecified atom stereocenters. The largest absolute Gasteiger partial charge is 0.444 e. The van der Waals surface area contributed by atoms with E-state index in [0.717, 1.165) is 25.9 Å². The molecule has 0 aromatic carbocycles. The molecule has 4 heteroatoms. The Labute approximate surface area is 91.8 Å². The molecule has 0 aliphatic carbocycles. The van der Waals surface area contributed by atoms with Crippen LogP contribution in [0.2, 0.25) is 0 Å². The first-order chi connectivity index (χ1) is 6.87. The van der Waals surface area contributed by atoms with Crippen molar-refractivity contribution in [1.82, 2.24) is 10.6 Å². The fourth-order valence-electron chi connectivity index (χ4n) is 1.76. The van der Waals surface area contributed by atoms with Crippen molar-refractivity contribution >= 4 is 6.09 Å². The highest BCUT2D eigenvalue weighted by Gasteiger charge is 2.34. The zero-order valence-electron chi connectivity index (χ0n) is 10.1. The van der Waals surface area contributed by atoms with Crippen molar-refractivity contribution in [3.05, 3.63) is 0 Å². The molecule has 15 heavy (non-hydrogen) atoms. The summed E-state index contributed by atoms with van der Waals surface area (Å²) in [5, 5.41) is 6.24. The average Bonchev–Trinajstić information content (AvgIpc) is 2.50. The number of alkyl carbamates (subject to hydrolysis) is 1. The van der Waals surface area contributed by atoms with Gasteiger partial charge in [0.15, 0.2) is 0 Å². The summed E-state index contributed by atoms with van der Waals surface area (Å²) in [6.07, 6.45) is 1.59. The Kier molecular flexibility index (Phi) is 3.60. The number of carbonyl (C=O) groups is 1. The highest BCUT2D eigenvalue weighted by Crippen LogP contribution is 2.19. The highest BCUT2D eigenvalue weighted by molar-refractivity contribution is 5.69. The molecule has 0 aromatic heterocycles. The lowest BCUT2D eigenvalue weighted by Crippen LogP contribution is -2.51. The van der Waals surface area contributed by atoms with Crippen LogP contribution in [0.1, 0.15) is 40.5 Å². The number of carbonyl (C=O) groups excluding carboxylic acids is 1. The molecule has 0 spiro atoms. The van der Waals surface area contributed by atoms with Gasteiger partial charge >= 0.3 is 6.09 Å². The minimum atomic E-state index is -0.426. The van der Waals surface area contributed by atoms with E-state index in [9.17, 15) is 4.79 Å². The second-order valence-electron chi connectivity index (χ2n) is 5.19. The SMILES string of the molecule is CCC1(NC(=O)OC(C)(C)C)CCNC1. The van der Waals surface area contributed by atoms with Crippen molar-refractivity contribution in [1.29, 1.82) is 0 Å². The molecule has 4 nitrogen and oxygen atoms in total. The molecule has 0 bridgehead atoms. The Morgan fingerprint density at radius 3 is 2.60 bits per heavy atom. The molecular weight excluding hydrogens is 192 g/mol. The third-order valence-electron chi connectivity index (χ3n) is 2.69. The first-order valence-corrected chi connectivity index (χ1v) is 5.59. The Morgan fingerprint density at radius 1 is 1.53 bits per heavy atom. The summed E-state index contributed by atoms with van der Waals surface area (Å²) >= 11 is 0. The van der Waals surface area contributed by atoms with Gasteiger partial charge in [0.05, 0.1) is 5.54 Å². The highest BCUT2D eigenvalue weighted by atomic mass is 16.6. The summed E-state index contributed by atoms with van der Waals surface area (Å²) in [5.41, 5.74) is -0.534. The van der Waals surface area contributed by atoms with Gasteiger partial charge in [-0.3, -0.25) is 0 Å². The van der Waals surface area contributed by atoms with E-state index in [1.807, 2.05) is 20.8 Å². The molecule has 1 saturated heterocycles. The third kappa shape index (κ3) is 3.70. The summed E-state index contributed by atoms with van der Waals surface area (Å²) in [6, 6.07) is 0. The van der Waals surface area contributed by atoms with Crippen molar-refractivity contribution < 1.29 is 9.53 Å². The lowest BCUT2D eigenvalue weighted by Gasteiger charge is -2.30. The monoisotopic (exact) mass is 214 g/mol. The van der Waals surface area contributed by atoms with Gasteiger partial charge in [0.2, 0.25) is 0 Å². The number of hydrogen-bond donors (Lipinski definition) is 2. The molecule has 1 rings (SSSR count). The summed E-state index contributed by atoms with van der Waals surface area (Å²) in [6.45, 7) is 9.51. The molecule has 0 radical (unpaired) electrons. The van der Waals surface area contributed by atoms with Gasteiger partial charge in [-0.25, -0.2) is 4.79 Å². The predicted octanol–water partition coefficient (Wildman–Crippen LogP) is 1.65. The summed E-state index contributed by atoms with van der Waals surface area (Å²) < 4.78 is 5.25. The Balaban J connectivity index is 2.49. The molecule has 1 fully saturated rings. The van der Waals surface area contributed by atoms with E-state index in [2.05, 4.69) is 17.6 Å². The van der Waals surface area contributed by atoms with Crippen molar-refractivity contribution in [2.45, 2.75) is 51.7 Å². The fraction of sp³-hybridized carbons (Fsp3) is 0.909. The molecule has 1 aliphatic rings. The second-order valence-corrected chi connectivity index (χ2v) is 5.19. The van der Waals surface area contributed by atoms with E-state index in [1.165, 1.54) is 0 Å². The van der Waals surface area contributed by atoms with Gasteiger partial charge in [0.25, 0.3) is 0 Å². The zero-order chi connectivity index (χ0) is 11.5. The van der Waals surface area contributed by atoms with E-state index in [4.69, 9.17) is 4.74 Å². The molecule has 0 aromatic rings. The lowest BCUT2D eigenvalue weighted by molar-refractivity contribution is 0.0461. The Hall–Kier alpha value is -0.770. The standard InChI is InChI=1S/C11H22N2O2/c1-5-11(6-7-12-8-11)13-9(14)15-10(2,3)4/h12H,5-8H2,1-4H3,(H,13,14). The molecule has 88 valence electrons. The zero-order valence-corrected chi connectivity index (χ0v) is 10.1. The average molecular weight is 214 g/mol. The smallest absolute Gasteiger partial charge is 0.408 e. The molecule has 1 heterocycles. The van der Waals surface area contributed by atoms with Crippen LogP contribution in [0.25, 0.3) is 0 Å². The number of hydrogen-bond acceptors (Lipinski definition) is 3. The maximum Gasteiger partial charge on any atom is 0.408 e. The van der Waals surface area contributed by atoms with Gasteiger partial charge in [-0.15, -0.1) is 0 Å². The minimum absolute atomic E-state index is 0.109. The topological polar surface area (TPSA) is 50.4 Å². The number of rotatable bonds is 2. The van der Waals surface area contributed by atoms with Crippen LogP contribution in [0.15, 0.2) is 0 Å². The first kappa shape index (κ1) is 12.3. The summed E-state index contributed by atoms with van der Waals surface area (Å²) in [5.74, 6) is 0. The molecule has 0 saturated carbocycles. The molecule has 1 amide bonds. The predicted molar refractivity (Wildman–Crippen MR) is 59.9 cm³/mol. The van der Waals surface area contributed by atoms with Crippen molar-refractivity contribution in [3.8, 4) is 0 Å². The summed E-state index contributed by atoms with van der Waals surface area (Å²) in [4.78, 5) is 11.6. The van der Waals surface area contributed by atoms with Crippen molar-refractivity contribution in [3.63, 3.8) is 0 Å². The van der Waals surface area contributed by atoms with Crippen molar-refractivity contribution in [2.75, 3.05) is 13.1 Å². The first-order valence-electron chi connectivity index (χ1n) is 5.59. The maximum absolute atomic E-state index is 11.6. The van der Waals surface area contributed by atoms with Crippen LogP contribution in [0.5, 0.6) is 0 Å². The second kappa shape index (κ2) is 4.39. The number of amides is 1. The summed E-state index contributed by atoms with van der Waals surface area (Å²) in [7, 11) is 0. The minimum Gasteiger partial charge on any atom is -0.444 e. The van der Waals surface area contributed by atoms with Gasteiger partial charge in [-0.2, -0.15) is 0 Å². The Morgan fingerprint density at radius 2 is 2.20 bits per heavy atom. The van der Waals surface area contributed by atoms with Crippen LogP contribution in [-0.2, 0) is 4.74 Å². The third-order valence-corrected chi connectivity index (χ3v) is 2.69. The van der Waals surface area contributed by atoms with Gasteiger partial charge in [0, 0.05) is 6.54 Å².